The smallest absolute Gasteiger partial charge is 0.369 e. The third-order valence-electron chi connectivity index (χ3n) is 5.73. The van der Waals surface area contributed by atoms with Gasteiger partial charge in [-0.2, -0.15) is 17.5 Å². The van der Waals surface area contributed by atoms with Gasteiger partial charge in [0.1, 0.15) is 0 Å². The highest BCUT2D eigenvalue weighted by Gasteiger charge is 2.32. The van der Waals surface area contributed by atoms with Crippen molar-refractivity contribution < 1.29 is 26.4 Å². The van der Waals surface area contributed by atoms with E-state index in [4.69, 9.17) is 5.73 Å². The van der Waals surface area contributed by atoms with Crippen molar-refractivity contribution in [2.75, 3.05) is 6.54 Å². The number of rotatable bonds is 7. The van der Waals surface area contributed by atoms with E-state index in [0.717, 1.165) is 12.1 Å². The van der Waals surface area contributed by atoms with Crippen LogP contribution in [0.25, 0.3) is 0 Å². The van der Waals surface area contributed by atoms with Crippen LogP contribution in [0.5, 0.6) is 0 Å². The monoisotopic (exact) mass is 454 g/mol. The predicted molar refractivity (Wildman–Crippen MR) is 110 cm³/mol. The van der Waals surface area contributed by atoms with Crippen LogP contribution in [0.2, 0.25) is 0 Å². The van der Waals surface area contributed by atoms with E-state index in [1.165, 1.54) is 28.6 Å². The highest BCUT2D eigenvalue weighted by molar-refractivity contribution is 7.89. The van der Waals surface area contributed by atoms with Crippen LogP contribution in [-0.2, 0) is 27.5 Å². The molecule has 5 nitrogen and oxygen atoms in total. The zero-order valence-corrected chi connectivity index (χ0v) is 17.7. The first-order valence-corrected chi connectivity index (χ1v) is 11.5. The van der Waals surface area contributed by atoms with Gasteiger partial charge in [0.15, 0.2) is 0 Å². The number of amides is 1. The van der Waals surface area contributed by atoms with Crippen molar-refractivity contribution in [1.82, 2.24) is 4.31 Å². The number of primary amides is 1. The van der Waals surface area contributed by atoms with E-state index in [1.807, 2.05) is 0 Å². The lowest BCUT2D eigenvalue weighted by Crippen LogP contribution is -2.37. The van der Waals surface area contributed by atoms with E-state index in [9.17, 15) is 26.4 Å². The maximum Gasteiger partial charge on any atom is 0.416 e. The minimum absolute atomic E-state index is 0.0366. The molecule has 2 N–H and O–H groups in total. The van der Waals surface area contributed by atoms with Crippen LogP contribution >= 0.6 is 0 Å². The van der Waals surface area contributed by atoms with Crippen molar-refractivity contribution in [2.24, 2.45) is 17.6 Å². The summed E-state index contributed by atoms with van der Waals surface area (Å²) in [6.07, 6.45) is -1.89. The number of alkyl halides is 3. The van der Waals surface area contributed by atoms with E-state index in [2.05, 4.69) is 0 Å². The molecule has 2 aromatic carbocycles. The van der Waals surface area contributed by atoms with Gasteiger partial charge < -0.3 is 5.73 Å². The minimum Gasteiger partial charge on any atom is -0.369 e. The van der Waals surface area contributed by atoms with Crippen LogP contribution in [0.1, 0.15) is 36.8 Å². The third kappa shape index (κ3) is 5.86. The van der Waals surface area contributed by atoms with Gasteiger partial charge in [-0.05, 0) is 61.4 Å². The SMILES string of the molecule is NC(=O)C1CCC(CN(Cc2ccc(C(F)(F)F)cc2)S(=O)(=O)c2ccccc2)CC1. The highest BCUT2D eigenvalue weighted by atomic mass is 32.2. The van der Waals surface area contributed by atoms with E-state index in [0.29, 0.717) is 31.2 Å². The fourth-order valence-electron chi connectivity index (χ4n) is 3.91. The molecule has 3 rings (SSSR count). The molecule has 0 radical (unpaired) electrons. The standard InChI is InChI=1S/C22H25F3N2O3S/c23-22(24,25)19-12-8-17(9-13-19)15-27(31(29,30)20-4-2-1-3-5-20)14-16-6-10-18(11-7-16)21(26)28/h1-5,8-9,12-13,16,18H,6-7,10-11,14-15H2,(H2,26,28). The molecule has 2 aromatic rings. The fraction of sp³-hybridized carbons (Fsp3) is 0.409. The number of nitrogens with zero attached hydrogens (tertiary/aromatic N) is 1. The predicted octanol–water partition coefficient (Wildman–Crippen LogP) is 4.19. The summed E-state index contributed by atoms with van der Waals surface area (Å²) in [6, 6.07) is 12.5. The number of benzene rings is 2. The van der Waals surface area contributed by atoms with Crippen molar-refractivity contribution in [2.45, 2.75) is 43.3 Å². The molecule has 1 aliphatic rings. The van der Waals surface area contributed by atoms with Gasteiger partial charge in [-0.25, -0.2) is 8.42 Å². The molecule has 168 valence electrons. The van der Waals surface area contributed by atoms with Crippen molar-refractivity contribution in [3.63, 3.8) is 0 Å². The molecule has 0 spiro atoms. The molecule has 1 aliphatic carbocycles. The summed E-state index contributed by atoms with van der Waals surface area (Å²) in [5.74, 6) is -0.481. The molecule has 0 aliphatic heterocycles. The van der Waals surface area contributed by atoms with Crippen LogP contribution in [-0.4, -0.2) is 25.2 Å². The van der Waals surface area contributed by atoms with E-state index >= 15 is 0 Å². The Morgan fingerprint density at radius 3 is 2.06 bits per heavy atom. The van der Waals surface area contributed by atoms with Crippen LogP contribution in [0.4, 0.5) is 13.2 Å². The van der Waals surface area contributed by atoms with Gasteiger partial charge in [0, 0.05) is 19.0 Å². The molecule has 1 amide bonds. The number of hydrogen-bond donors (Lipinski definition) is 1. The molecule has 0 aromatic heterocycles. The first kappa shape index (κ1) is 23.3. The second-order valence-electron chi connectivity index (χ2n) is 7.93. The van der Waals surface area contributed by atoms with Gasteiger partial charge in [0.25, 0.3) is 0 Å². The number of carbonyl (C=O) groups is 1. The maximum atomic E-state index is 13.3. The van der Waals surface area contributed by atoms with Gasteiger partial charge in [-0.1, -0.05) is 30.3 Å². The number of hydrogen-bond acceptors (Lipinski definition) is 3. The maximum absolute atomic E-state index is 13.3. The summed E-state index contributed by atoms with van der Waals surface area (Å²) in [6.45, 7) is 0.189. The van der Waals surface area contributed by atoms with E-state index < -0.39 is 21.8 Å². The van der Waals surface area contributed by atoms with E-state index in [-0.39, 0.29) is 35.7 Å². The lowest BCUT2D eigenvalue weighted by Gasteiger charge is -2.31. The van der Waals surface area contributed by atoms with Crippen molar-refractivity contribution in [3.05, 3.63) is 65.7 Å². The minimum atomic E-state index is -4.45. The highest BCUT2D eigenvalue weighted by Crippen LogP contribution is 2.32. The average Bonchev–Trinajstić information content (AvgIpc) is 2.74. The van der Waals surface area contributed by atoms with Gasteiger partial charge in [-0.15, -0.1) is 0 Å². The zero-order valence-electron chi connectivity index (χ0n) is 16.9. The molecule has 0 unspecified atom stereocenters. The first-order valence-electron chi connectivity index (χ1n) is 10.1. The van der Waals surface area contributed by atoms with Crippen LogP contribution in [0.3, 0.4) is 0 Å². The zero-order chi connectivity index (χ0) is 22.6. The number of halogens is 3. The Bertz CT molecular complexity index is 985. The molecular weight excluding hydrogens is 429 g/mol. The van der Waals surface area contributed by atoms with Gasteiger partial charge in [0.05, 0.1) is 10.5 Å². The summed E-state index contributed by atoms with van der Waals surface area (Å²) in [7, 11) is -3.85. The normalized spacial score (nSPS) is 20.0. The largest absolute Gasteiger partial charge is 0.416 e. The summed E-state index contributed by atoms with van der Waals surface area (Å²) < 4.78 is 66.4. The topological polar surface area (TPSA) is 80.5 Å². The molecule has 0 atom stereocenters. The molecule has 1 fully saturated rings. The molecule has 0 saturated heterocycles. The first-order chi connectivity index (χ1) is 14.6. The molecule has 9 heteroatoms. The second-order valence-corrected chi connectivity index (χ2v) is 9.86. The Labute approximate surface area is 180 Å². The van der Waals surface area contributed by atoms with Crippen LogP contribution in [0.15, 0.2) is 59.5 Å². The molecule has 1 saturated carbocycles. The molecular formula is C22H25F3N2O3S. The average molecular weight is 455 g/mol. The van der Waals surface area contributed by atoms with Crippen LogP contribution in [0, 0.1) is 11.8 Å². The Balaban J connectivity index is 1.82. The molecule has 0 heterocycles. The quantitative estimate of drug-likeness (QED) is 0.681. The summed E-state index contributed by atoms with van der Waals surface area (Å²) >= 11 is 0. The number of carbonyl (C=O) groups excluding carboxylic acids is 1. The lowest BCUT2D eigenvalue weighted by molar-refractivity contribution is -0.137. The Hall–Kier alpha value is -2.39. The second kappa shape index (κ2) is 9.40. The molecule has 31 heavy (non-hydrogen) atoms. The summed E-state index contributed by atoms with van der Waals surface area (Å²) in [4.78, 5) is 11.5. The van der Waals surface area contributed by atoms with E-state index in [1.54, 1.807) is 18.2 Å². The molecule has 0 bridgehead atoms. The summed E-state index contributed by atoms with van der Waals surface area (Å²) in [5, 5.41) is 0. The Morgan fingerprint density at radius 2 is 1.55 bits per heavy atom. The lowest BCUT2D eigenvalue weighted by atomic mass is 9.81. The van der Waals surface area contributed by atoms with Gasteiger partial charge in [-0.3, -0.25) is 4.79 Å². The summed E-state index contributed by atoms with van der Waals surface area (Å²) in [5.41, 5.74) is 5.07. The number of nitrogens with two attached hydrogens (primary N) is 1. The number of sulfonamides is 1. The third-order valence-corrected chi connectivity index (χ3v) is 7.56. The van der Waals surface area contributed by atoms with Crippen LogP contribution < -0.4 is 5.73 Å². The Kier molecular flexibility index (Phi) is 7.06. The fourth-order valence-corrected chi connectivity index (χ4v) is 5.43. The van der Waals surface area contributed by atoms with Crippen molar-refractivity contribution in [3.8, 4) is 0 Å². The van der Waals surface area contributed by atoms with Crippen molar-refractivity contribution >= 4 is 15.9 Å². The van der Waals surface area contributed by atoms with Gasteiger partial charge in [0.2, 0.25) is 15.9 Å². The van der Waals surface area contributed by atoms with Crippen molar-refractivity contribution in [1.29, 1.82) is 0 Å². The Morgan fingerprint density at radius 1 is 0.968 bits per heavy atom. The van der Waals surface area contributed by atoms with Gasteiger partial charge >= 0.3 is 6.18 Å².